The Kier molecular flexibility index (Phi) is 12.5. The number of carbonyl (C=O) groups excluding carboxylic acids is 2. The summed E-state index contributed by atoms with van der Waals surface area (Å²) < 4.78 is 35.7. The van der Waals surface area contributed by atoms with E-state index in [4.69, 9.17) is 4.74 Å². The Morgan fingerprint density at radius 3 is 2.11 bits per heavy atom. The van der Waals surface area contributed by atoms with E-state index in [1.165, 1.54) is 16.7 Å². The van der Waals surface area contributed by atoms with E-state index in [2.05, 4.69) is 5.32 Å². The third-order valence-electron chi connectivity index (χ3n) is 7.54. The van der Waals surface area contributed by atoms with Gasteiger partial charge in [-0.15, -0.1) is 11.8 Å². The van der Waals surface area contributed by atoms with E-state index >= 15 is 0 Å². The predicted molar refractivity (Wildman–Crippen MR) is 189 cm³/mol. The van der Waals surface area contributed by atoms with E-state index < -0.39 is 28.5 Å². The first-order valence-corrected chi connectivity index (χ1v) is 18.3. The van der Waals surface area contributed by atoms with Gasteiger partial charge in [-0.25, -0.2) is 8.42 Å². The third-order valence-corrected chi connectivity index (χ3v) is 10.1. The van der Waals surface area contributed by atoms with Crippen LogP contribution in [0.3, 0.4) is 0 Å². The Balaban J connectivity index is 1.84. The lowest BCUT2D eigenvalue weighted by Gasteiger charge is -2.34. The number of benzene rings is 4. The number of thioether (sulfide) groups is 1. The molecule has 47 heavy (non-hydrogen) atoms. The van der Waals surface area contributed by atoms with Crippen molar-refractivity contribution in [3.05, 3.63) is 120 Å². The van der Waals surface area contributed by atoms with Crippen LogP contribution in [0.15, 0.2) is 113 Å². The zero-order chi connectivity index (χ0) is 34.0. The molecule has 2 amide bonds. The highest BCUT2D eigenvalue weighted by atomic mass is 32.2. The molecule has 10 heteroatoms. The van der Waals surface area contributed by atoms with Crippen LogP contribution in [0.25, 0.3) is 0 Å². The van der Waals surface area contributed by atoms with E-state index in [1.54, 1.807) is 48.5 Å². The number of carbonyl (C=O) groups is 2. The molecule has 8 nitrogen and oxygen atoms in total. The van der Waals surface area contributed by atoms with E-state index in [1.807, 2.05) is 88.5 Å². The number of sulfonamides is 1. The largest absolute Gasteiger partial charge is 0.492 e. The molecule has 4 aromatic carbocycles. The lowest BCUT2D eigenvalue weighted by Crippen LogP contribution is -2.54. The summed E-state index contributed by atoms with van der Waals surface area (Å²) in [5.41, 5.74) is 2.98. The van der Waals surface area contributed by atoms with Crippen molar-refractivity contribution in [2.45, 2.75) is 62.5 Å². The summed E-state index contributed by atoms with van der Waals surface area (Å²) in [6, 6.07) is 29.5. The SMILES string of the molecule is CCOc1ccccc1N(CC(=O)N(Cc1ccc(C)cc1)C(Cc1ccccc1)C(=O)NC(C)C)S(=O)(=O)c1ccc(SC)cc1. The van der Waals surface area contributed by atoms with Gasteiger partial charge in [-0.2, -0.15) is 0 Å². The summed E-state index contributed by atoms with van der Waals surface area (Å²) in [6.45, 7) is 7.37. The molecule has 0 saturated carbocycles. The summed E-state index contributed by atoms with van der Waals surface area (Å²) in [6.07, 6.45) is 2.16. The molecule has 0 heterocycles. The van der Waals surface area contributed by atoms with Crippen LogP contribution in [0, 0.1) is 6.92 Å². The molecule has 0 saturated heterocycles. The van der Waals surface area contributed by atoms with Crippen molar-refractivity contribution >= 4 is 39.3 Å². The minimum Gasteiger partial charge on any atom is -0.492 e. The second kappa shape index (κ2) is 16.5. The molecule has 0 aliphatic heterocycles. The predicted octanol–water partition coefficient (Wildman–Crippen LogP) is 6.48. The number of amides is 2. The molecule has 0 radical (unpaired) electrons. The maximum Gasteiger partial charge on any atom is 0.264 e. The number of ether oxygens (including phenoxy) is 1. The van der Waals surface area contributed by atoms with Crippen molar-refractivity contribution in [1.29, 1.82) is 0 Å². The topological polar surface area (TPSA) is 96.0 Å². The Labute approximate surface area is 283 Å². The number of hydrogen-bond donors (Lipinski definition) is 1. The van der Waals surface area contributed by atoms with Crippen LogP contribution in [0.1, 0.15) is 37.5 Å². The summed E-state index contributed by atoms with van der Waals surface area (Å²) >= 11 is 1.50. The van der Waals surface area contributed by atoms with Gasteiger partial charge in [0.1, 0.15) is 18.3 Å². The lowest BCUT2D eigenvalue weighted by molar-refractivity contribution is -0.140. The Hall–Kier alpha value is -4.28. The number of para-hydroxylation sites is 2. The molecule has 0 aliphatic rings. The fourth-order valence-electron chi connectivity index (χ4n) is 5.15. The molecule has 4 rings (SSSR count). The van der Waals surface area contributed by atoms with Gasteiger partial charge in [0.25, 0.3) is 10.0 Å². The maximum atomic E-state index is 14.7. The number of anilines is 1. The fraction of sp³-hybridized carbons (Fsp3) is 0.297. The van der Waals surface area contributed by atoms with Gasteiger partial charge < -0.3 is 15.0 Å². The van der Waals surface area contributed by atoms with Crippen LogP contribution in [0.5, 0.6) is 5.75 Å². The first-order valence-electron chi connectivity index (χ1n) is 15.6. The van der Waals surface area contributed by atoms with Gasteiger partial charge in [0.05, 0.1) is 17.2 Å². The molecule has 248 valence electrons. The summed E-state index contributed by atoms with van der Waals surface area (Å²) in [7, 11) is -4.25. The number of aryl methyl sites for hydroxylation is 1. The molecule has 0 fully saturated rings. The maximum absolute atomic E-state index is 14.7. The van der Waals surface area contributed by atoms with Gasteiger partial charge in [0, 0.05) is 23.9 Å². The molecule has 1 atom stereocenters. The zero-order valence-electron chi connectivity index (χ0n) is 27.6. The minimum absolute atomic E-state index is 0.0397. The highest BCUT2D eigenvalue weighted by Gasteiger charge is 2.35. The smallest absolute Gasteiger partial charge is 0.264 e. The van der Waals surface area contributed by atoms with E-state index in [-0.39, 0.29) is 35.5 Å². The van der Waals surface area contributed by atoms with Crippen LogP contribution in [-0.2, 0) is 32.6 Å². The minimum atomic E-state index is -4.25. The first kappa shape index (κ1) is 35.6. The molecule has 1 N–H and O–H groups in total. The molecule has 0 aliphatic carbocycles. The summed E-state index contributed by atoms with van der Waals surface area (Å²) in [5, 5.41) is 2.98. The monoisotopic (exact) mass is 673 g/mol. The number of hydrogen-bond acceptors (Lipinski definition) is 6. The number of nitrogens with zero attached hydrogens (tertiary/aromatic N) is 2. The van der Waals surface area contributed by atoms with E-state index in [0.29, 0.717) is 12.4 Å². The quantitative estimate of drug-likeness (QED) is 0.145. The summed E-state index contributed by atoms with van der Waals surface area (Å²) in [5.74, 6) is -0.516. The van der Waals surface area contributed by atoms with Gasteiger partial charge in [-0.05, 0) is 81.5 Å². The van der Waals surface area contributed by atoms with Crippen LogP contribution in [-0.4, -0.2) is 56.6 Å². The van der Waals surface area contributed by atoms with Crippen LogP contribution in [0.2, 0.25) is 0 Å². The fourth-order valence-corrected chi connectivity index (χ4v) is 6.99. The van der Waals surface area contributed by atoms with Crippen molar-refractivity contribution in [2.75, 3.05) is 23.7 Å². The van der Waals surface area contributed by atoms with Gasteiger partial charge in [-0.3, -0.25) is 13.9 Å². The molecule has 0 bridgehead atoms. The Morgan fingerprint density at radius 1 is 0.851 bits per heavy atom. The van der Waals surface area contributed by atoms with Crippen molar-refractivity contribution in [3.8, 4) is 5.75 Å². The molecular formula is C37H43N3O5S2. The van der Waals surface area contributed by atoms with Gasteiger partial charge in [0.2, 0.25) is 11.8 Å². The van der Waals surface area contributed by atoms with Gasteiger partial charge in [0.15, 0.2) is 0 Å². The first-order chi connectivity index (χ1) is 22.5. The molecule has 4 aromatic rings. The average Bonchev–Trinajstić information content (AvgIpc) is 3.06. The average molecular weight is 674 g/mol. The zero-order valence-corrected chi connectivity index (χ0v) is 29.2. The highest BCUT2D eigenvalue weighted by molar-refractivity contribution is 7.98. The van der Waals surface area contributed by atoms with E-state index in [0.717, 1.165) is 25.9 Å². The lowest BCUT2D eigenvalue weighted by atomic mass is 10.0. The highest BCUT2D eigenvalue weighted by Crippen LogP contribution is 2.33. The molecule has 0 spiro atoms. The second-order valence-electron chi connectivity index (χ2n) is 11.5. The van der Waals surface area contributed by atoms with Crippen LogP contribution >= 0.6 is 11.8 Å². The molecular weight excluding hydrogens is 631 g/mol. The Bertz CT molecular complexity index is 1730. The van der Waals surface area contributed by atoms with E-state index in [9.17, 15) is 18.0 Å². The van der Waals surface area contributed by atoms with Gasteiger partial charge in [-0.1, -0.05) is 72.3 Å². The molecule has 1 unspecified atom stereocenters. The number of rotatable bonds is 15. The van der Waals surface area contributed by atoms with Crippen molar-refractivity contribution < 1.29 is 22.7 Å². The second-order valence-corrected chi connectivity index (χ2v) is 14.2. The van der Waals surface area contributed by atoms with Crippen LogP contribution in [0.4, 0.5) is 5.69 Å². The summed E-state index contributed by atoms with van der Waals surface area (Å²) in [4.78, 5) is 31.0. The standard InChI is InChI=1S/C37H43N3O5S2/c1-6-45-35-15-11-10-14-33(35)40(47(43,44)32-22-20-31(46-5)21-23-32)26-36(41)39(25-30-18-16-28(4)17-19-30)34(37(42)38-27(2)3)24-29-12-8-7-9-13-29/h7-23,27,34H,6,24-26H2,1-5H3,(H,38,42). The Morgan fingerprint density at radius 2 is 1.49 bits per heavy atom. The van der Waals surface area contributed by atoms with Crippen LogP contribution < -0.4 is 14.4 Å². The normalized spacial score (nSPS) is 12.0. The van der Waals surface area contributed by atoms with Crippen molar-refractivity contribution in [2.24, 2.45) is 0 Å². The number of nitrogens with one attached hydrogen (secondary N) is 1. The molecule has 0 aromatic heterocycles. The third kappa shape index (κ3) is 9.39. The van der Waals surface area contributed by atoms with Crippen molar-refractivity contribution in [1.82, 2.24) is 10.2 Å². The van der Waals surface area contributed by atoms with Crippen molar-refractivity contribution in [3.63, 3.8) is 0 Å². The van der Waals surface area contributed by atoms with Gasteiger partial charge >= 0.3 is 0 Å².